The van der Waals surface area contributed by atoms with Gasteiger partial charge in [0.05, 0.1) is 17.1 Å². The predicted octanol–water partition coefficient (Wildman–Crippen LogP) is 2.76. The van der Waals surface area contributed by atoms with Crippen molar-refractivity contribution in [3.63, 3.8) is 0 Å². The van der Waals surface area contributed by atoms with Gasteiger partial charge in [-0.15, -0.1) is 5.10 Å². The maximum atomic E-state index is 13.2. The number of aromatic nitrogens is 5. The van der Waals surface area contributed by atoms with Gasteiger partial charge in [0.2, 0.25) is 5.82 Å². The molecule has 8 nitrogen and oxygen atoms in total. The molecule has 2 aromatic carbocycles. The lowest BCUT2D eigenvalue weighted by atomic mass is 10.3. The van der Waals surface area contributed by atoms with E-state index in [1.165, 1.54) is 21.5 Å². The molecule has 0 saturated carbocycles. The van der Waals surface area contributed by atoms with Gasteiger partial charge in [-0.25, -0.2) is 18.7 Å². The first kappa shape index (κ1) is 19.3. The largest absolute Gasteiger partial charge is 0.313 e. The number of carbonyl (C=O) groups excluding carboxylic acids is 1. The summed E-state index contributed by atoms with van der Waals surface area (Å²) in [6.45, 7) is 3.43. The minimum Gasteiger partial charge on any atom is -0.313 e. The molecular weight excluding hydrogens is 387 g/mol. The summed E-state index contributed by atoms with van der Waals surface area (Å²) in [6.07, 6.45) is 0. The fourth-order valence-electron chi connectivity index (χ4n) is 3.19. The van der Waals surface area contributed by atoms with Crippen molar-refractivity contribution in [1.82, 2.24) is 24.1 Å². The molecule has 4 aromatic rings. The molecule has 2 heterocycles. The van der Waals surface area contributed by atoms with E-state index in [2.05, 4.69) is 15.4 Å². The van der Waals surface area contributed by atoms with Crippen LogP contribution in [0.25, 0.3) is 11.4 Å². The van der Waals surface area contributed by atoms with Crippen LogP contribution in [0.4, 0.5) is 10.1 Å². The van der Waals surface area contributed by atoms with Gasteiger partial charge in [0.25, 0.3) is 11.5 Å². The fraction of sp³-hybridized carbons (Fsp3) is 0.143. The molecule has 1 N–H and O–H groups in total. The van der Waals surface area contributed by atoms with Crippen molar-refractivity contribution in [2.24, 2.45) is 7.05 Å². The molecule has 4 rings (SSSR count). The number of amides is 1. The maximum Gasteiger partial charge on any atom is 0.295 e. The first-order chi connectivity index (χ1) is 14.4. The van der Waals surface area contributed by atoms with Crippen molar-refractivity contribution in [3.8, 4) is 11.4 Å². The zero-order chi connectivity index (χ0) is 21.4. The van der Waals surface area contributed by atoms with E-state index in [-0.39, 0.29) is 22.9 Å². The van der Waals surface area contributed by atoms with Gasteiger partial charge in [0.15, 0.2) is 0 Å². The monoisotopic (exact) mass is 406 g/mol. The molecule has 2 aromatic heterocycles. The zero-order valence-electron chi connectivity index (χ0n) is 16.6. The number of hydrogen-bond donors (Lipinski definition) is 1. The van der Waals surface area contributed by atoms with E-state index in [0.29, 0.717) is 22.9 Å². The molecule has 0 fully saturated rings. The highest BCUT2D eigenvalue weighted by atomic mass is 19.1. The number of anilines is 1. The van der Waals surface area contributed by atoms with Crippen molar-refractivity contribution in [3.05, 3.63) is 88.1 Å². The van der Waals surface area contributed by atoms with Crippen LogP contribution in [0.2, 0.25) is 0 Å². The standard InChI is InChI=1S/C21H19FN6O2/c1-13-18(21(30)28(26(13)3)17-7-5-4-6-8-17)24-20(29)19-23-14(2)27(25-19)16-11-9-15(22)10-12-16/h4-12H,1-3H3,(H,24,29). The second kappa shape index (κ2) is 7.43. The summed E-state index contributed by atoms with van der Waals surface area (Å²) in [4.78, 5) is 29.9. The molecule has 0 aliphatic heterocycles. The van der Waals surface area contributed by atoms with Gasteiger partial charge in [-0.2, -0.15) is 0 Å². The summed E-state index contributed by atoms with van der Waals surface area (Å²) in [5.74, 6) is -0.613. The Hall–Kier alpha value is -4.01. The Morgan fingerprint density at radius 2 is 1.67 bits per heavy atom. The minimum absolute atomic E-state index is 0.0919. The number of hydrogen-bond acceptors (Lipinski definition) is 4. The number of aryl methyl sites for hydroxylation is 1. The van der Waals surface area contributed by atoms with Gasteiger partial charge in [-0.3, -0.25) is 14.3 Å². The van der Waals surface area contributed by atoms with Gasteiger partial charge in [0.1, 0.15) is 17.3 Å². The molecule has 9 heteroatoms. The number of para-hydroxylation sites is 1. The van der Waals surface area contributed by atoms with E-state index in [0.717, 1.165) is 0 Å². The fourth-order valence-corrected chi connectivity index (χ4v) is 3.19. The summed E-state index contributed by atoms with van der Waals surface area (Å²) in [5.41, 5.74) is 1.64. The quantitative estimate of drug-likeness (QED) is 0.565. The van der Waals surface area contributed by atoms with Crippen LogP contribution in [0.1, 0.15) is 22.1 Å². The highest BCUT2D eigenvalue weighted by Gasteiger charge is 2.21. The molecule has 0 radical (unpaired) electrons. The van der Waals surface area contributed by atoms with E-state index in [1.807, 2.05) is 30.3 Å². The van der Waals surface area contributed by atoms with Crippen LogP contribution < -0.4 is 10.9 Å². The molecule has 0 aliphatic carbocycles. The number of nitrogens with one attached hydrogen (secondary N) is 1. The van der Waals surface area contributed by atoms with E-state index in [9.17, 15) is 14.0 Å². The smallest absolute Gasteiger partial charge is 0.295 e. The predicted molar refractivity (Wildman–Crippen MR) is 110 cm³/mol. The average Bonchev–Trinajstić information content (AvgIpc) is 3.22. The van der Waals surface area contributed by atoms with Gasteiger partial charge < -0.3 is 5.32 Å². The lowest BCUT2D eigenvalue weighted by molar-refractivity contribution is 0.101. The topological polar surface area (TPSA) is 86.7 Å². The first-order valence-corrected chi connectivity index (χ1v) is 9.22. The first-order valence-electron chi connectivity index (χ1n) is 9.22. The van der Waals surface area contributed by atoms with E-state index in [1.54, 1.807) is 37.7 Å². The Morgan fingerprint density at radius 3 is 2.33 bits per heavy atom. The highest BCUT2D eigenvalue weighted by molar-refractivity contribution is 6.01. The van der Waals surface area contributed by atoms with E-state index < -0.39 is 5.91 Å². The SMILES string of the molecule is Cc1nc(C(=O)Nc2c(C)n(C)n(-c3ccccc3)c2=O)nn1-c1ccc(F)cc1. The Balaban J connectivity index is 1.66. The number of benzene rings is 2. The van der Waals surface area contributed by atoms with Crippen molar-refractivity contribution in [2.75, 3.05) is 5.32 Å². The summed E-state index contributed by atoms with van der Waals surface area (Å²) < 4.78 is 17.8. The van der Waals surface area contributed by atoms with Crippen LogP contribution in [0, 0.1) is 19.7 Å². The lowest BCUT2D eigenvalue weighted by Gasteiger charge is -2.07. The Bertz CT molecular complexity index is 1290. The molecular formula is C21H19FN6O2. The third kappa shape index (κ3) is 3.30. The molecule has 0 aliphatic rings. The van der Waals surface area contributed by atoms with Crippen molar-refractivity contribution < 1.29 is 9.18 Å². The molecule has 152 valence electrons. The molecule has 0 saturated heterocycles. The average molecular weight is 406 g/mol. The van der Waals surface area contributed by atoms with Crippen LogP contribution >= 0.6 is 0 Å². The molecule has 0 bridgehead atoms. The van der Waals surface area contributed by atoms with Crippen LogP contribution in [0.15, 0.2) is 59.4 Å². The van der Waals surface area contributed by atoms with Crippen LogP contribution in [0.3, 0.4) is 0 Å². The third-order valence-corrected chi connectivity index (χ3v) is 4.84. The summed E-state index contributed by atoms with van der Waals surface area (Å²) in [6, 6.07) is 14.8. The lowest BCUT2D eigenvalue weighted by Crippen LogP contribution is -2.23. The normalized spacial score (nSPS) is 10.9. The second-order valence-corrected chi connectivity index (χ2v) is 6.76. The van der Waals surface area contributed by atoms with E-state index >= 15 is 0 Å². The Labute approximate surface area is 171 Å². The van der Waals surface area contributed by atoms with Crippen molar-refractivity contribution >= 4 is 11.6 Å². The number of nitrogens with zero attached hydrogens (tertiary/aromatic N) is 5. The van der Waals surface area contributed by atoms with Crippen molar-refractivity contribution in [1.29, 1.82) is 0 Å². The van der Waals surface area contributed by atoms with Gasteiger partial charge in [0, 0.05) is 7.05 Å². The summed E-state index contributed by atoms with van der Waals surface area (Å²) in [7, 11) is 1.74. The van der Waals surface area contributed by atoms with Gasteiger partial charge >= 0.3 is 0 Å². The van der Waals surface area contributed by atoms with Crippen molar-refractivity contribution in [2.45, 2.75) is 13.8 Å². The Kier molecular flexibility index (Phi) is 4.78. The van der Waals surface area contributed by atoms with Gasteiger partial charge in [-0.1, -0.05) is 18.2 Å². The van der Waals surface area contributed by atoms with Crippen LogP contribution in [0.5, 0.6) is 0 Å². The third-order valence-electron chi connectivity index (χ3n) is 4.84. The van der Waals surface area contributed by atoms with Gasteiger partial charge in [-0.05, 0) is 50.2 Å². The molecule has 0 atom stereocenters. The minimum atomic E-state index is -0.607. The summed E-state index contributed by atoms with van der Waals surface area (Å²) >= 11 is 0. The number of rotatable bonds is 4. The molecule has 1 amide bonds. The zero-order valence-corrected chi connectivity index (χ0v) is 16.6. The summed E-state index contributed by atoms with van der Waals surface area (Å²) in [5, 5.41) is 6.84. The van der Waals surface area contributed by atoms with E-state index in [4.69, 9.17) is 0 Å². The Morgan fingerprint density at radius 1 is 1.00 bits per heavy atom. The van der Waals surface area contributed by atoms with Crippen LogP contribution in [-0.4, -0.2) is 30.0 Å². The molecule has 30 heavy (non-hydrogen) atoms. The maximum absolute atomic E-state index is 13.2. The molecule has 0 spiro atoms. The molecule has 0 unspecified atom stereocenters. The number of carbonyl (C=O) groups is 1. The highest BCUT2D eigenvalue weighted by Crippen LogP contribution is 2.15. The van der Waals surface area contributed by atoms with Crippen LogP contribution in [-0.2, 0) is 7.05 Å². The number of halogens is 1. The second-order valence-electron chi connectivity index (χ2n) is 6.76.